The Labute approximate surface area is 161 Å². The van der Waals surface area contributed by atoms with E-state index in [9.17, 15) is 5.11 Å². The molecule has 1 aromatic rings. The number of aliphatic hydroxyl groups excluding tert-OH is 1. The molecule has 0 unspecified atom stereocenters. The number of rotatable bonds is 15. The summed E-state index contributed by atoms with van der Waals surface area (Å²) >= 11 is -2.23. The predicted molar refractivity (Wildman–Crippen MR) is 115 cm³/mol. The van der Waals surface area contributed by atoms with Crippen LogP contribution in [-0.2, 0) is 6.42 Å². The van der Waals surface area contributed by atoms with Crippen molar-refractivity contribution in [3.8, 4) is 0 Å². The van der Waals surface area contributed by atoms with Crippen LogP contribution in [0.4, 0.5) is 0 Å². The van der Waals surface area contributed by atoms with Gasteiger partial charge >= 0.3 is 162 Å². The minimum absolute atomic E-state index is 0.391. The summed E-state index contributed by atoms with van der Waals surface area (Å²) in [5.74, 6) is 0. The monoisotopic (exact) mass is 454 g/mol. The van der Waals surface area contributed by atoms with E-state index in [1.54, 1.807) is 13.3 Å². The third-order valence-corrected chi connectivity index (χ3v) is 24.2. The van der Waals surface area contributed by atoms with Crippen molar-refractivity contribution in [3.05, 3.63) is 35.9 Å². The molecule has 0 amide bonds. The number of unbranched alkanes of at least 4 members (excludes halogenated alkanes) is 3. The van der Waals surface area contributed by atoms with E-state index < -0.39 is 18.4 Å². The summed E-state index contributed by atoms with van der Waals surface area (Å²) in [6.07, 6.45) is 11.9. The molecule has 0 fully saturated rings. The molecule has 0 saturated heterocycles. The van der Waals surface area contributed by atoms with Gasteiger partial charge in [-0.2, -0.15) is 0 Å². The Morgan fingerprint density at radius 1 is 0.800 bits per heavy atom. The molecule has 0 bridgehead atoms. The molecule has 0 heterocycles. The van der Waals surface area contributed by atoms with Crippen molar-refractivity contribution in [1.29, 1.82) is 0 Å². The van der Waals surface area contributed by atoms with Gasteiger partial charge in [0.2, 0.25) is 0 Å². The van der Waals surface area contributed by atoms with Crippen LogP contribution in [-0.4, -0.2) is 30.1 Å². The molecule has 0 aliphatic rings. The van der Waals surface area contributed by atoms with E-state index in [0.29, 0.717) is 6.61 Å². The zero-order valence-electron chi connectivity index (χ0n) is 17.1. The summed E-state index contributed by atoms with van der Waals surface area (Å²) in [6, 6.07) is 11.0. The van der Waals surface area contributed by atoms with E-state index in [1.807, 2.05) is 0 Å². The summed E-state index contributed by atoms with van der Waals surface area (Å²) in [4.78, 5) is 0. The van der Waals surface area contributed by atoms with E-state index in [4.69, 9.17) is 0 Å². The minimum atomic E-state index is -2.23. The molecule has 0 spiro atoms. The molecule has 2 heteroatoms. The summed E-state index contributed by atoms with van der Waals surface area (Å²) in [6.45, 7) is 7.44. The third-order valence-electron chi connectivity index (χ3n) is 6.05. The Kier molecular flexibility index (Phi) is 13.0. The maximum absolute atomic E-state index is 9.81. The van der Waals surface area contributed by atoms with Gasteiger partial charge in [0.15, 0.2) is 0 Å². The van der Waals surface area contributed by atoms with Crippen molar-refractivity contribution in [2.24, 2.45) is 0 Å². The van der Waals surface area contributed by atoms with Crippen molar-refractivity contribution < 1.29 is 5.11 Å². The van der Waals surface area contributed by atoms with E-state index >= 15 is 0 Å². The van der Waals surface area contributed by atoms with Crippen LogP contribution in [0.1, 0.15) is 77.7 Å². The predicted octanol–water partition coefficient (Wildman–Crippen LogP) is 7.22. The van der Waals surface area contributed by atoms with Crippen molar-refractivity contribution in [1.82, 2.24) is 0 Å². The molecule has 25 heavy (non-hydrogen) atoms. The summed E-state index contributed by atoms with van der Waals surface area (Å²) in [5, 5.41) is 9.81. The van der Waals surface area contributed by atoms with Gasteiger partial charge in [-0.3, -0.25) is 0 Å². The quantitative estimate of drug-likeness (QED) is 0.278. The first-order chi connectivity index (χ1) is 12.2. The molecule has 0 saturated carbocycles. The first kappa shape index (κ1) is 23.0. The van der Waals surface area contributed by atoms with E-state index in [0.717, 1.165) is 10.4 Å². The van der Waals surface area contributed by atoms with E-state index in [2.05, 4.69) is 51.1 Å². The molecule has 0 radical (unpaired) electrons. The Bertz CT molecular complexity index is 396. The summed E-state index contributed by atoms with van der Waals surface area (Å²) < 4.78 is 5.55. The summed E-state index contributed by atoms with van der Waals surface area (Å²) in [5.41, 5.74) is 1.48. The Hall–Kier alpha value is -0.0213. The fourth-order valence-corrected chi connectivity index (χ4v) is 23.4. The number of aryl methyl sites for hydroxylation is 1. The van der Waals surface area contributed by atoms with Crippen LogP contribution >= 0.6 is 0 Å². The van der Waals surface area contributed by atoms with Crippen molar-refractivity contribution in [2.75, 3.05) is 6.61 Å². The first-order valence-corrected chi connectivity index (χ1v) is 18.6. The van der Waals surface area contributed by atoms with Gasteiger partial charge in [0.25, 0.3) is 0 Å². The van der Waals surface area contributed by atoms with Crippen molar-refractivity contribution >= 4 is 18.4 Å². The normalized spacial score (nSPS) is 13.1. The van der Waals surface area contributed by atoms with Gasteiger partial charge in [0, 0.05) is 0 Å². The van der Waals surface area contributed by atoms with E-state index in [1.165, 1.54) is 56.9 Å². The second-order valence-corrected chi connectivity index (χ2v) is 22.3. The molecule has 1 atom stereocenters. The molecule has 144 valence electrons. The topological polar surface area (TPSA) is 20.2 Å². The zero-order chi connectivity index (χ0) is 18.4. The fraction of sp³-hybridized carbons (Fsp3) is 0.739. The number of hydrogen-bond donors (Lipinski definition) is 1. The third kappa shape index (κ3) is 8.47. The molecule has 1 nitrogen and oxygen atoms in total. The van der Waals surface area contributed by atoms with E-state index in [-0.39, 0.29) is 0 Å². The van der Waals surface area contributed by atoms with Crippen LogP contribution in [0.2, 0.25) is 17.2 Å². The number of aliphatic hydroxyl groups is 1. The van der Waals surface area contributed by atoms with Gasteiger partial charge in [-0.05, 0) is 0 Å². The van der Waals surface area contributed by atoms with Gasteiger partial charge in [-0.25, -0.2) is 0 Å². The van der Waals surface area contributed by atoms with Gasteiger partial charge < -0.3 is 0 Å². The molecular weight excluding hydrogens is 411 g/mol. The Balaban J connectivity index is 2.93. The SMILES string of the molecule is CCC[CH2][Sn]([CH2]CCC)([CH2]CCC)[C@@H](CCO)CCc1ccccc1. The standard InChI is InChI=1S/C11H15O.3C4H9.Sn/c12-10-6-2-5-9-11-7-3-1-4-8-11;3*1-3-4-2;/h1-4,7-8,12H,5-6,9-10H2;3*1,3-4H2,2H3;. The molecule has 0 aromatic heterocycles. The average molecular weight is 453 g/mol. The van der Waals surface area contributed by atoms with Crippen molar-refractivity contribution in [3.63, 3.8) is 0 Å². The molecule has 0 aliphatic heterocycles. The van der Waals surface area contributed by atoms with Gasteiger partial charge in [-0.1, -0.05) is 0 Å². The second-order valence-electron chi connectivity index (χ2n) is 7.91. The zero-order valence-corrected chi connectivity index (χ0v) is 20.0. The van der Waals surface area contributed by atoms with Crippen LogP contribution in [0.15, 0.2) is 30.3 Å². The van der Waals surface area contributed by atoms with Crippen LogP contribution in [0.3, 0.4) is 0 Å². The van der Waals surface area contributed by atoms with Crippen LogP contribution in [0.25, 0.3) is 0 Å². The Morgan fingerprint density at radius 3 is 1.76 bits per heavy atom. The number of hydrogen-bond acceptors (Lipinski definition) is 1. The second kappa shape index (κ2) is 14.1. The fourth-order valence-electron chi connectivity index (χ4n) is 4.47. The van der Waals surface area contributed by atoms with Crippen LogP contribution in [0.5, 0.6) is 0 Å². The maximum atomic E-state index is 9.81. The Morgan fingerprint density at radius 2 is 1.32 bits per heavy atom. The number of benzene rings is 1. The average Bonchev–Trinajstić information content (AvgIpc) is 2.66. The van der Waals surface area contributed by atoms with Crippen LogP contribution in [0, 0.1) is 0 Å². The molecule has 0 aliphatic carbocycles. The summed E-state index contributed by atoms with van der Waals surface area (Å²) in [7, 11) is 0. The van der Waals surface area contributed by atoms with Crippen molar-refractivity contribution in [2.45, 2.75) is 95.8 Å². The van der Waals surface area contributed by atoms with Crippen LogP contribution < -0.4 is 0 Å². The molecule has 1 N–H and O–H groups in total. The first-order valence-electron chi connectivity index (χ1n) is 10.9. The molecule has 1 rings (SSSR count). The molecule has 1 aromatic carbocycles. The molecular formula is C23H42OSn. The van der Waals surface area contributed by atoms with Gasteiger partial charge in [0.05, 0.1) is 0 Å². The van der Waals surface area contributed by atoms with Gasteiger partial charge in [0.1, 0.15) is 0 Å². The van der Waals surface area contributed by atoms with Gasteiger partial charge in [-0.15, -0.1) is 0 Å².